The van der Waals surface area contributed by atoms with Crippen LogP contribution < -0.4 is 4.74 Å². The van der Waals surface area contributed by atoms with Gasteiger partial charge in [0.25, 0.3) is 0 Å². The summed E-state index contributed by atoms with van der Waals surface area (Å²) in [6.07, 6.45) is -0.172. The van der Waals surface area contributed by atoms with Crippen molar-refractivity contribution in [1.29, 1.82) is 0 Å². The van der Waals surface area contributed by atoms with Crippen molar-refractivity contribution in [2.24, 2.45) is 0 Å². The molecule has 4 heteroatoms. The maximum atomic E-state index is 10.9. The van der Waals surface area contributed by atoms with Crippen LogP contribution in [0, 0.1) is 0 Å². The highest BCUT2D eigenvalue weighted by molar-refractivity contribution is 14.1. The fourth-order valence-electron chi connectivity index (χ4n) is 1.21. The molecule has 0 saturated heterocycles. The SMILES string of the molecule is COc1ccc(C(CI)OC(C)=O)cc1. The number of esters is 1. The lowest BCUT2D eigenvalue weighted by molar-refractivity contribution is -0.145. The third-order valence-electron chi connectivity index (χ3n) is 1.94. The van der Waals surface area contributed by atoms with Crippen LogP contribution in [0.3, 0.4) is 0 Å². The molecule has 1 rings (SSSR count). The van der Waals surface area contributed by atoms with Crippen molar-refractivity contribution >= 4 is 28.6 Å². The van der Waals surface area contributed by atoms with Crippen molar-refractivity contribution in [2.75, 3.05) is 11.5 Å². The van der Waals surface area contributed by atoms with E-state index in [1.54, 1.807) is 7.11 Å². The van der Waals surface area contributed by atoms with E-state index in [9.17, 15) is 4.79 Å². The zero-order chi connectivity index (χ0) is 11.3. The Morgan fingerprint density at radius 3 is 2.40 bits per heavy atom. The van der Waals surface area contributed by atoms with Crippen LogP contribution in [0.5, 0.6) is 5.75 Å². The summed E-state index contributed by atoms with van der Waals surface area (Å²) < 4.78 is 11.0. The Morgan fingerprint density at radius 1 is 1.40 bits per heavy atom. The van der Waals surface area contributed by atoms with Crippen LogP contribution in [0.15, 0.2) is 24.3 Å². The molecule has 0 bridgehead atoms. The summed E-state index contributed by atoms with van der Waals surface area (Å²) in [5, 5.41) is 0. The molecule has 0 heterocycles. The van der Waals surface area contributed by atoms with Crippen LogP contribution in [-0.2, 0) is 9.53 Å². The number of alkyl halides is 1. The van der Waals surface area contributed by atoms with Crippen LogP contribution in [0.1, 0.15) is 18.6 Å². The molecule has 0 aliphatic heterocycles. The molecular weight excluding hydrogens is 307 g/mol. The number of halogens is 1. The van der Waals surface area contributed by atoms with Crippen molar-refractivity contribution in [1.82, 2.24) is 0 Å². The van der Waals surface area contributed by atoms with Gasteiger partial charge in [-0.15, -0.1) is 0 Å². The predicted molar refractivity (Wildman–Crippen MR) is 66.4 cm³/mol. The third kappa shape index (κ3) is 3.70. The fraction of sp³-hybridized carbons (Fsp3) is 0.364. The van der Waals surface area contributed by atoms with Gasteiger partial charge in [0.05, 0.1) is 7.11 Å². The van der Waals surface area contributed by atoms with Crippen LogP contribution in [0.2, 0.25) is 0 Å². The van der Waals surface area contributed by atoms with E-state index in [-0.39, 0.29) is 12.1 Å². The molecule has 0 spiro atoms. The molecule has 0 aliphatic carbocycles. The van der Waals surface area contributed by atoms with Crippen LogP contribution in [0.25, 0.3) is 0 Å². The summed E-state index contributed by atoms with van der Waals surface area (Å²) in [5.74, 6) is 0.543. The standard InChI is InChI=1S/C11H13IO3/c1-8(13)15-11(7-12)9-3-5-10(14-2)6-4-9/h3-6,11H,7H2,1-2H3. The van der Waals surface area contributed by atoms with Crippen molar-refractivity contribution < 1.29 is 14.3 Å². The summed E-state index contributed by atoms with van der Waals surface area (Å²) in [5.41, 5.74) is 0.986. The molecule has 1 unspecified atom stereocenters. The van der Waals surface area contributed by atoms with Gasteiger partial charge in [-0.2, -0.15) is 0 Å². The van der Waals surface area contributed by atoms with Gasteiger partial charge in [0, 0.05) is 11.4 Å². The monoisotopic (exact) mass is 320 g/mol. The molecule has 15 heavy (non-hydrogen) atoms. The average Bonchev–Trinajstić information content (AvgIpc) is 2.26. The fourth-order valence-corrected chi connectivity index (χ4v) is 1.90. The second-order valence-electron chi connectivity index (χ2n) is 3.03. The molecule has 0 fully saturated rings. The van der Waals surface area contributed by atoms with Crippen molar-refractivity contribution in [3.8, 4) is 5.75 Å². The molecule has 0 aromatic heterocycles. The van der Waals surface area contributed by atoms with Crippen LogP contribution >= 0.6 is 22.6 Å². The van der Waals surface area contributed by atoms with Gasteiger partial charge in [0.15, 0.2) is 0 Å². The molecule has 1 aromatic rings. The smallest absolute Gasteiger partial charge is 0.303 e. The Morgan fingerprint density at radius 2 is 2.00 bits per heavy atom. The average molecular weight is 320 g/mol. The topological polar surface area (TPSA) is 35.5 Å². The lowest BCUT2D eigenvalue weighted by atomic mass is 10.1. The zero-order valence-corrected chi connectivity index (χ0v) is 10.9. The molecule has 3 nitrogen and oxygen atoms in total. The van der Waals surface area contributed by atoms with Crippen molar-refractivity contribution in [3.63, 3.8) is 0 Å². The van der Waals surface area contributed by atoms with Gasteiger partial charge < -0.3 is 9.47 Å². The summed E-state index contributed by atoms with van der Waals surface area (Å²) in [4.78, 5) is 10.9. The van der Waals surface area contributed by atoms with Gasteiger partial charge >= 0.3 is 5.97 Å². The Balaban J connectivity index is 2.78. The number of methoxy groups -OCH3 is 1. The summed E-state index contributed by atoms with van der Waals surface area (Å²) in [6.45, 7) is 1.42. The zero-order valence-electron chi connectivity index (χ0n) is 8.70. The number of rotatable bonds is 4. The lowest BCUT2D eigenvalue weighted by Gasteiger charge is -2.14. The number of carbonyl (C=O) groups excluding carboxylic acids is 1. The number of carbonyl (C=O) groups is 1. The normalized spacial score (nSPS) is 11.9. The highest BCUT2D eigenvalue weighted by atomic mass is 127. The molecule has 0 aliphatic rings. The lowest BCUT2D eigenvalue weighted by Crippen LogP contribution is -2.09. The van der Waals surface area contributed by atoms with Gasteiger partial charge in [-0.05, 0) is 17.7 Å². The van der Waals surface area contributed by atoms with Gasteiger partial charge in [-0.3, -0.25) is 4.79 Å². The van der Waals surface area contributed by atoms with Gasteiger partial charge in [0.1, 0.15) is 11.9 Å². The first kappa shape index (κ1) is 12.3. The minimum Gasteiger partial charge on any atom is -0.497 e. The Bertz CT molecular complexity index is 321. The van der Waals surface area contributed by atoms with Gasteiger partial charge in [-0.25, -0.2) is 0 Å². The molecule has 82 valence electrons. The van der Waals surface area contributed by atoms with E-state index in [1.807, 2.05) is 24.3 Å². The predicted octanol–water partition coefficient (Wildman–Crippen LogP) is 2.73. The quantitative estimate of drug-likeness (QED) is 0.486. The minimum atomic E-state index is -0.257. The van der Waals surface area contributed by atoms with E-state index in [0.29, 0.717) is 0 Å². The number of benzene rings is 1. The van der Waals surface area contributed by atoms with Crippen molar-refractivity contribution in [3.05, 3.63) is 29.8 Å². The molecule has 0 N–H and O–H groups in total. The van der Waals surface area contributed by atoms with E-state index >= 15 is 0 Å². The Labute approximate surface area is 103 Å². The molecule has 0 radical (unpaired) electrons. The molecule has 0 saturated carbocycles. The van der Waals surface area contributed by atoms with E-state index in [2.05, 4.69) is 22.6 Å². The van der Waals surface area contributed by atoms with Crippen LogP contribution in [-0.4, -0.2) is 17.5 Å². The van der Waals surface area contributed by atoms with E-state index in [1.165, 1.54) is 6.92 Å². The molecular formula is C11H13IO3. The number of ether oxygens (including phenoxy) is 2. The minimum absolute atomic E-state index is 0.172. The van der Waals surface area contributed by atoms with E-state index in [4.69, 9.17) is 9.47 Å². The van der Waals surface area contributed by atoms with E-state index in [0.717, 1.165) is 15.7 Å². The maximum Gasteiger partial charge on any atom is 0.303 e. The number of hydrogen-bond acceptors (Lipinski definition) is 3. The maximum absolute atomic E-state index is 10.9. The molecule has 1 aromatic carbocycles. The number of hydrogen-bond donors (Lipinski definition) is 0. The van der Waals surface area contributed by atoms with Gasteiger partial charge in [0.2, 0.25) is 0 Å². The highest BCUT2D eigenvalue weighted by Crippen LogP contribution is 2.22. The first-order valence-corrected chi connectivity index (χ1v) is 6.07. The first-order chi connectivity index (χ1) is 7.17. The largest absolute Gasteiger partial charge is 0.497 e. The summed E-state index contributed by atoms with van der Waals surface area (Å²) >= 11 is 2.20. The van der Waals surface area contributed by atoms with Gasteiger partial charge in [-0.1, -0.05) is 34.7 Å². The third-order valence-corrected chi connectivity index (χ3v) is 2.74. The van der Waals surface area contributed by atoms with E-state index < -0.39 is 0 Å². The van der Waals surface area contributed by atoms with Crippen molar-refractivity contribution in [2.45, 2.75) is 13.0 Å². The van der Waals surface area contributed by atoms with Crippen LogP contribution in [0.4, 0.5) is 0 Å². The Kier molecular flexibility index (Phi) is 4.87. The first-order valence-electron chi connectivity index (χ1n) is 4.54. The Hall–Kier alpha value is -0.780. The summed E-state index contributed by atoms with van der Waals surface area (Å²) in [7, 11) is 1.62. The molecule has 1 atom stereocenters. The molecule has 0 amide bonds. The summed E-state index contributed by atoms with van der Waals surface area (Å²) in [6, 6.07) is 7.53. The second-order valence-corrected chi connectivity index (χ2v) is 3.91. The second kappa shape index (κ2) is 5.95. The highest BCUT2D eigenvalue weighted by Gasteiger charge is 2.12.